The highest BCUT2D eigenvalue weighted by Gasteiger charge is 2.26. The van der Waals surface area contributed by atoms with Gasteiger partial charge in [-0.05, 0) is 12.1 Å². The summed E-state index contributed by atoms with van der Waals surface area (Å²) in [6, 6.07) is 6.64. The molecule has 0 aliphatic rings. The zero-order chi connectivity index (χ0) is 13.5. The fraction of sp³-hybridized carbons (Fsp3) is 0.308. The maximum Gasteiger partial charge on any atom is 0.526 e. The summed E-state index contributed by atoms with van der Waals surface area (Å²) in [5, 5.41) is 18.8. The molecular weight excluding hydrogens is 231 g/mol. The minimum atomic E-state index is -1.67. The quantitative estimate of drug-likeness (QED) is 0.619. The van der Waals surface area contributed by atoms with E-state index in [1.54, 1.807) is 18.2 Å². The molecule has 0 atom stereocenters. The summed E-state index contributed by atoms with van der Waals surface area (Å²) < 4.78 is 5.28. The van der Waals surface area contributed by atoms with Crippen LogP contribution in [0.4, 0.5) is 0 Å². The molecule has 0 unspecified atom stereocenters. The topological polar surface area (TPSA) is 70.7 Å². The van der Waals surface area contributed by atoms with Crippen molar-refractivity contribution in [3.8, 4) is 0 Å². The van der Waals surface area contributed by atoms with Crippen molar-refractivity contribution < 1.29 is 19.3 Å². The summed E-state index contributed by atoms with van der Waals surface area (Å²) in [6.45, 7) is 5.53. The molecule has 94 valence electrons. The van der Waals surface area contributed by atoms with Crippen LogP contribution in [-0.4, -0.2) is 22.9 Å². The van der Waals surface area contributed by atoms with Crippen molar-refractivity contribution in [1.29, 1.82) is 0 Å². The smallest absolute Gasteiger partial charge is 0.465 e. The lowest BCUT2D eigenvalue weighted by atomic mass is 9.84. The van der Waals surface area contributed by atoms with Gasteiger partial charge in [-0.2, -0.15) is 0 Å². The monoisotopic (exact) mass is 246 g/mol. The van der Waals surface area contributed by atoms with Crippen molar-refractivity contribution in [2.45, 2.75) is 20.8 Å². The number of carbonyl (C=O) groups is 1. The molecule has 2 aromatic rings. The number of benzene rings is 1. The Bertz CT molecular complexity index is 593. The Kier molecular flexibility index (Phi) is 3.05. The number of Topliss-reactive ketones (excluding diaryl/α,β-unsaturated/α-hetero) is 1. The molecule has 0 saturated carbocycles. The van der Waals surface area contributed by atoms with Gasteiger partial charge in [-0.25, -0.2) is 0 Å². The predicted octanol–water partition coefficient (Wildman–Crippen LogP) is 1.34. The molecule has 1 aromatic carbocycles. The molecule has 2 N–H and O–H groups in total. The van der Waals surface area contributed by atoms with Crippen LogP contribution in [0.2, 0.25) is 0 Å². The zero-order valence-electron chi connectivity index (χ0n) is 10.6. The SMILES string of the molecule is CC(C)(C)C(=O)c1cccc2oc(B(O)O)cc12. The average Bonchev–Trinajstić information content (AvgIpc) is 2.70. The molecule has 1 heterocycles. The van der Waals surface area contributed by atoms with Crippen LogP contribution in [0.3, 0.4) is 0 Å². The largest absolute Gasteiger partial charge is 0.526 e. The second-order valence-electron chi connectivity index (χ2n) is 5.32. The predicted molar refractivity (Wildman–Crippen MR) is 69.8 cm³/mol. The van der Waals surface area contributed by atoms with E-state index in [2.05, 4.69) is 0 Å². The Morgan fingerprint density at radius 2 is 1.94 bits per heavy atom. The van der Waals surface area contributed by atoms with Crippen molar-refractivity contribution in [2.24, 2.45) is 5.41 Å². The van der Waals surface area contributed by atoms with Crippen LogP contribution in [0, 0.1) is 5.41 Å². The van der Waals surface area contributed by atoms with E-state index in [1.807, 2.05) is 20.8 Å². The third-order valence-corrected chi connectivity index (χ3v) is 2.76. The number of carbonyl (C=O) groups excluding carboxylic acids is 1. The minimum Gasteiger partial charge on any atom is -0.465 e. The molecule has 5 heteroatoms. The van der Waals surface area contributed by atoms with Crippen LogP contribution in [-0.2, 0) is 0 Å². The molecule has 0 bridgehead atoms. The van der Waals surface area contributed by atoms with Crippen LogP contribution in [0.15, 0.2) is 28.7 Å². The van der Waals surface area contributed by atoms with Gasteiger partial charge in [-0.1, -0.05) is 32.9 Å². The van der Waals surface area contributed by atoms with E-state index in [-0.39, 0.29) is 11.4 Å². The molecule has 2 rings (SSSR count). The summed E-state index contributed by atoms with van der Waals surface area (Å²) >= 11 is 0. The van der Waals surface area contributed by atoms with Crippen LogP contribution in [0.1, 0.15) is 31.1 Å². The van der Waals surface area contributed by atoms with Crippen molar-refractivity contribution in [2.75, 3.05) is 0 Å². The molecule has 0 aliphatic heterocycles. The van der Waals surface area contributed by atoms with E-state index < -0.39 is 12.5 Å². The molecule has 0 saturated heterocycles. The van der Waals surface area contributed by atoms with Crippen molar-refractivity contribution in [3.05, 3.63) is 29.8 Å². The summed E-state index contributed by atoms with van der Waals surface area (Å²) in [4.78, 5) is 12.3. The third-order valence-electron chi connectivity index (χ3n) is 2.76. The standard InChI is InChI=1S/C13H15BO4/c1-13(2,3)12(15)8-5-4-6-10-9(8)7-11(18-10)14(16)17/h4-7,16-17H,1-3H3. The normalized spacial score (nSPS) is 11.8. The van der Waals surface area contributed by atoms with Crippen LogP contribution < -0.4 is 5.66 Å². The number of fused-ring (bicyclic) bond motifs is 1. The first kappa shape index (κ1) is 12.9. The lowest BCUT2D eigenvalue weighted by molar-refractivity contribution is 0.0860. The molecule has 18 heavy (non-hydrogen) atoms. The Morgan fingerprint density at radius 3 is 2.50 bits per heavy atom. The third kappa shape index (κ3) is 2.19. The number of ketones is 1. The van der Waals surface area contributed by atoms with E-state index in [9.17, 15) is 4.79 Å². The zero-order valence-corrected chi connectivity index (χ0v) is 10.6. The highest BCUT2D eigenvalue weighted by molar-refractivity contribution is 6.57. The maximum atomic E-state index is 12.3. The van der Waals surface area contributed by atoms with E-state index in [4.69, 9.17) is 14.5 Å². The Morgan fingerprint density at radius 1 is 1.28 bits per heavy atom. The molecule has 0 spiro atoms. The average molecular weight is 246 g/mol. The van der Waals surface area contributed by atoms with Gasteiger partial charge in [0.05, 0.1) is 0 Å². The molecular formula is C13H15BO4. The first-order chi connectivity index (χ1) is 8.30. The number of hydrogen-bond donors (Lipinski definition) is 2. The van der Waals surface area contributed by atoms with Gasteiger partial charge < -0.3 is 14.5 Å². The van der Waals surface area contributed by atoms with Gasteiger partial charge in [-0.3, -0.25) is 4.79 Å². The highest BCUT2D eigenvalue weighted by Crippen LogP contribution is 2.26. The Balaban J connectivity index is 2.62. The Labute approximate surface area is 105 Å². The summed E-state index contributed by atoms with van der Waals surface area (Å²) in [7, 11) is -1.67. The summed E-state index contributed by atoms with van der Waals surface area (Å²) in [5.74, 6) is -0.00659. The first-order valence-corrected chi connectivity index (χ1v) is 5.74. The molecule has 0 aliphatic carbocycles. The molecule has 1 aromatic heterocycles. The molecule has 0 radical (unpaired) electrons. The van der Waals surface area contributed by atoms with Gasteiger partial charge in [0.15, 0.2) is 5.78 Å². The molecule has 0 fully saturated rings. The van der Waals surface area contributed by atoms with E-state index in [0.29, 0.717) is 16.5 Å². The molecule has 4 nitrogen and oxygen atoms in total. The fourth-order valence-electron chi connectivity index (χ4n) is 1.81. The Hall–Kier alpha value is -1.59. The fourth-order valence-corrected chi connectivity index (χ4v) is 1.81. The van der Waals surface area contributed by atoms with Gasteiger partial charge in [0.1, 0.15) is 11.2 Å². The lowest BCUT2D eigenvalue weighted by Gasteiger charge is -2.16. The van der Waals surface area contributed by atoms with Gasteiger partial charge in [0.25, 0.3) is 0 Å². The maximum absolute atomic E-state index is 12.3. The lowest BCUT2D eigenvalue weighted by Crippen LogP contribution is -2.28. The van der Waals surface area contributed by atoms with Crippen molar-refractivity contribution in [3.63, 3.8) is 0 Å². The number of rotatable bonds is 2. The van der Waals surface area contributed by atoms with Gasteiger partial charge in [0, 0.05) is 16.4 Å². The van der Waals surface area contributed by atoms with Crippen LogP contribution >= 0.6 is 0 Å². The van der Waals surface area contributed by atoms with E-state index in [1.165, 1.54) is 6.07 Å². The minimum absolute atomic E-state index is 0.00659. The summed E-state index contributed by atoms with van der Waals surface area (Å²) in [5.41, 5.74) is 0.562. The van der Waals surface area contributed by atoms with Gasteiger partial charge in [0.2, 0.25) is 0 Å². The molecule has 0 amide bonds. The second kappa shape index (κ2) is 4.26. The van der Waals surface area contributed by atoms with Crippen molar-refractivity contribution in [1.82, 2.24) is 0 Å². The van der Waals surface area contributed by atoms with E-state index >= 15 is 0 Å². The van der Waals surface area contributed by atoms with Crippen LogP contribution in [0.25, 0.3) is 11.0 Å². The van der Waals surface area contributed by atoms with Gasteiger partial charge >= 0.3 is 7.12 Å². The first-order valence-electron chi connectivity index (χ1n) is 5.74. The van der Waals surface area contributed by atoms with E-state index in [0.717, 1.165) is 0 Å². The summed E-state index contributed by atoms with van der Waals surface area (Å²) in [6.07, 6.45) is 0. The van der Waals surface area contributed by atoms with Crippen LogP contribution in [0.5, 0.6) is 0 Å². The number of furan rings is 1. The highest BCUT2D eigenvalue weighted by atomic mass is 16.4. The van der Waals surface area contributed by atoms with Gasteiger partial charge in [-0.15, -0.1) is 0 Å². The number of hydrogen-bond acceptors (Lipinski definition) is 4. The van der Waals surface area contributed by atoms with Crippen molar-refractivity contribution >= 4 is 29.5 Å². The second-order valence-corrected chi connectivity index (χ2v) is 5.32.